The summed E-state index contributed by atoms with van der Waals surface area (Å²) in [7, 11) is 1.56. The maximum absolute atomic E-state index is 12.4. The quantitative estimate of drug-likeness (QED) is 0.506. The van der Waals surface area contributed by atoms with Gasteiger partial charge >= 0.3 is 0 Å². The third kappa shape index (κ3) is 5.55. The Labute approximate surface area is 186 Å². The average Bonchev–Trinajstić information content (AvgIpc) is 3.29. The second-order valence-electron chi connectivity index (χ2n) is 7.13. The number of methoxy groups -OCH3 is 1. The van der Waals surface area contributed by atoms with E-state index in [0.29, 0.717) is 36.9 Å². The molecule has 0 radical (unpaired) electrons. The molecule has 1 N–H and O–H groups in total. The van der Waals surface area contributed by atoms with Crippen molar-refractivity contribution >= 4 is 17.8 Å². The van der Waals surface area contributed by atoms with E-state index in [-0.39, 0.29) is 5.91 Å². The van der Waals surface area contributed by atoms with E-state index in [0.717, 1.165) is 28.3 Å². The molecule has 3 aromatic rings. The van der Waals surface area contributed by atoms with Crippen molar-refractivity contribution in [3.05, 3.63) is 58.6 Å². The highest BCUT2D eigenvalue weighted by Gasteiger charge is 2.12. The predicted molar refractivity (Wildman–Crippen MR) is 118 cm³/mol. The van der Waals surface area contributed by atoms with Gasteiger partial charge in [-0.05, 0) is 44.5 Å². The van der Waals surface area contributed by atoms with Gasteiger partial charge in [0.25, 0.3) is 0 Å². The molecule has 0 atom stereocenters. The first kappa shape index (κ1) is 22.6. The summed E-state index contributed by atoms with van der Waals surface area (Å²) in [6.45, 7) is 6.26. The number of nitrogens with one attached hydrogen (secondary N) is 1. The van der Waals surface area contributed by atoms with Crippen LogP contribution in [0.4, 0.5) is 5.82 Å². The van der Waals surface area contributed by atoms with E-state index in [1.54, 1.807) is 36.1 Å². The molecular weight excluding hydrogens is 410 g/mol. The maximum Gasteiger partial charge on any atom is 0.249 e. The van der Waals surface area contributed by atoms with Crippen LogP contribution < -0.4 is 14.8 Å². The lowest BCUT2D eigenvalue weighted by molar-refractivity contribution is -0.111. The van der Waals surface area contributed by atoms with Crippen molar-refractivity contribution in [3.63, 3.8) is 0 Å². The van der Waals surface area contributed by atoms with E-state index in [1.807, 2.05) is 26.8 Å². The third-order valence-corrected chi connectivity index (χ3v) is 4.76. The topological polar surface area (TPSA) is 115 Å². The van der Waals surface area contributed by atoms with Crippen LogP contribution in [-0.2, 0) is 17.9 Å². The lowest BCUT2D eigenvalue weighted by atomic mass is 10.2. The molecular formula is C23H25N5O4. The lowest BCUT2D eigenvalue weighted by Gasteiger charge is -2.11. The molecule has 2 aromatic heterocycles. The van der Waals surface area contributed by atoms with E-state index in [2.05, 4.69) is 21.6 Å². The number of rotatable bonds is 9. The Kier molecular flexibility index (Phi) is 7.29. The number of anilines is 1. The highest BCUT2D eigenvalue weighted by molar-refractivity contribution is 6.01. The van der Waals surface area contributed by atoms with Gasteiger partial charge in [-0.1, -0.05) is 11.2 Å². The molecule has 1 aromatic carbocycles. The van der Waals surface area contributed by atoms with E-state index < -0.39 is 0 Å². The van der Waals surface area contributed by atoms with Crippen LogP contribution in [0.25, 0.3) is 6.08 Å². The van der Waals surface area contributed by atoms with Crippen LogP contribution in [0.3, 0.4) is 0 Å². The lowest BCUT2D eigenvalue weighted by Crippen LogP contribution is -2.13. The van der Waals surface area contributed by atoms with Crippen molar-refractivity contribution in [2.75, 3.05) is 12.4 Å². The summed E-state index contributed by atoms with van der Waals surface area (Å²) >= 11 is 0. The summed E-state index contributed by atoms with van der Waals surface area (Å²) in [6.07, 6.45) is 3.42. The summed E-state index contributed by atoms with van der Waals surface area (Å²) in [5.74, 6) is 2.08. The first-order valence-electron chi connectivity index (χ1n) is 10.0. The summed E-state index contributed by atoms with van der Waals surface area (Å²) in [5, 5.41) is 19.8. The number of ether oxygens (including phenoxy) is 2. The van der Waals surface area contributed by atoms with Crippen molar-refractivity contribution in [3.8, 4) is 17.6 Å². The number of amides is 1. The SMILES string of the molecule is COc1cc(/C=C/C(=O)Nc2cc(C)nn2CCC#N)ccc1OCc1c(C)noc1C. The van der Waals surface area contributed by atoms with Crippen molar-refractivity contribution < 1.29 is 18.8 Å². The van der Waals surface area contributed by atoms with Crippen LogP contribution in [0, 0.1) is 32.1 Å². The molecule has 3 rings (SSSR count). The standard InChI is InChI=1S/C23H25N5O4/c1-15-12-22(28(26-15)11-5-10-24)25-23(29)9-7-18-6-8-20(21(13-18)30-4)31-14-19-16(2)27-32-17(19)3/h6-9,12-13H,5,11,14H2,1-4H3,(H,25,29)/b9-7+. The Morgan fingerprint density at radius 2 is 2.09 bits per heavy atom. The molecule has 0 aliphatic heterocycles. The van der Waals surface area contributed by atoms with Crippen molar-refractivity contribution in [1.29, 1.82) is 5.26 Å². The van der Waals surface area contributed by atoms with Crippen LogP contribution in [0.15, 0.2) is 34.9 Å². The minimum atomic E-state index is -0.305. The minimum absolute atomic E-state index is 0.305. The van der Waals surface area contributed by atoms with Crippen molar-refractivity contribution in [2.24, 2.45) is 0 Å². The molecule has 0 unspecified atom stereocenters. The van der Waals surface area contributed by atoms with Crippen LogP contribution in [0.2, 0.25) is 0 Å². The number of nitriles is 1. The Morgan fingerprint density at radius 1 is 1.28 bits per heavy atom. The molecule has 166 valence electrons. The predicted octanol–water partition coefficient (Wildman–Crippen LogP) is 3.95. The van der Waals surface area contributed by atoms with Gasteiger partial charge in [0.2, 0.25) is 5.91 Å². The van der Waals surface area contributed by atoms with Gasteiger partial charge in [-0.2, -0.15) is 10.4 Å². The summed E-state index contributed by atoms with van der Waals surface area (Å²) in [6, 6.07) is 9.24. The Balaban J connectivity index is 1.66. The first-order valence-corrected chi connectivity index (χ1v) is 10.0. The number of hydrogen-bond acceptors (Lipinski definition) is 7. The van der Waals surface area contributed by atoms with Crippen molar-refractivity contribution in [1.82, 2.24) is 14.9 Å². The monoisotopic (exact) mass is 435 g/mol. The highest BCUT2D eigenvalue weighted by Crippen LogP contribution is 2.30. The fourth-order valence-corrected chi connectivity index (χ4v) is 3.08. The van der Waals surface area contributed by atoms with Gasteiger partial charge in [0.1, 0.15) is 18.2 Å². The van der Waals surface area contributed by atoms with Gasteiger partial charge in [-0.25, -0.2) is 4.68 Å². The molecule has 0 fully saturated rings. The molecule has 0 saturated carbocycles. The molecule has 0 spiro atoms. The second-order valence-corrected chi connectivity index (χ2v) is 7.13. The Hall–Kier alpha value is -4.06. The molecule has 9 nitrogen and oxygen atoms in total. The van der Waals surface area contributed by atoms with Crippen LogP contribution >= 0.6 is 0 Å². The molecule has 9 heteroatoms. The fourth-order valence-electron chi connectivity index (χ4n) is 3.08. The molecule has 0 bridgehead atoms. The van der Waals surface area contributed by atoms with E-state index in [9.17, 15) is 4.79 Å². The molecule has 1 amide bonds. The van der Waals surface area contributed by atoms with Gasteiger partial charge in [-0.15, -0.1) is 0 Å². The minimum Gasteiger partial charge on any atom is -0.493 e. The molecule has 0 saturated heterocycles. The van der Waals surface area contributed by atoms with Crippen LogP contribution in [0.1, 0.15) is 34.7 Å². The number of aryl methyl sites for hydroxylation is 4. The molecule has 2 heterocycles. The van der Waals surface area contributed by atoms with Gasteiger partial charge < -0.3 is 19.3 Å². The van der Waals surface area contributed by atoms with Crippen molar-refractivity contribution in [2.45, 2.75) is 40.3 Å². The van der Waals surface area contributed by atoms with Gasteiger partial charge in [0.15, 0.2) is 11.5 Å². The van der Waals surface area contributed by atoms with E-state index in [1.165, 1.54) is 6.08 Å². The van der Waals surface area contributed by atoms with E-state index >= 15 is 0 Å². The number of carbonyl (C=O) groups is 1. The third-order valence-electron chi connectivity index (χ3n) is 4.76. The van der Waals surface area contributed by atoms with Gasteiger partial charge in [0.05, 0.1) is 43.1 Å². The first-order chi connectivity index (χ1) is 15.4. The number of carbonyl (C=O) groups excluding carboxylic acids is 1. The maximum atomic E-state index is 12.4. The average molecular weight is 435 g/mol. The normalized spacial score (nSPS) is 10.8. The molecule has 0 aliphatic rings. The highest BCUT2D eigenvalue weighted by atomic mass is 16.5. The largest absolute Gasteiger partial charge is 0.493 e. The van der Waals surface area contributed by atoms with E-state index in [4.69, 9.17) is 19.3 Å². The zero-order valence-electron chi connectivity index (χ0n) is 18.5. The zero-order chi connectivity index (χ0) is 23.1. The van der Waals surface area contributed by atoms with Crippen LogP contribution in [-0.4, -0.2) is 28.0 Å². The molecule has 0 aliphatic carbocycles. The molecule has 32 heavy (non-hydrogen) atoms. The number of hydrogen-bond donors (Lipinski definition) is 1. The fraction of sp³-hybridized carbons (Fsp3) is 0.304. The Bertz CT molecular complexity index is 1150. The smallest absolute Gasteiger partial charge is 0.249 e. The number of nitrogens with zero attached hydrogens (tertiary/aromatic N) is 4. The van der Waals surface area contributed by atoms with Crippen LogP contribution in [0.5, 0.6) is 11.5 Å². The summed E-state index contributed by atoms with van der Waals surface area (Å²) in [4.78, 5) is 12.4. The summed E-state index contributed by atoms with van der Waals surface area (Å²) < 4.78 is 18.1. The van der Waals surface area contributed by atoms with Gasteiger partial charge in [0, 0.05) is 12.1 Å². The summed E-state index contributed by atoms with van der Waals surface area (Å²) in [5.41, 5.74) is 3.23. The Morgan fingerprint density at radius 3 is 2.78 bits per heavy atom. The number of benzene rings is 1. The zero-order valence-corrected chi connectivity index (χ0v) is 18.5. The second kappa shape index (κ2) is 10.3. The van der Waals surface area contributed by atoms with Gasteiger partial charge in [-0.3, -0.25) is 4.79 Å². The number of aromatic nitrogens is 3.